The zero-order valence-electron chi connectivity index (χ0n) is 12.8. The highest BCUT2D eigenvalue weighted by atomic mass is 16.3. The Morgan fingerprint density at radius 2 is 1.64 bits per heavy atom. The van der Waals surface area contributed by atoms with Gasteiger partial charge in [0.15, 0.2) is 0 Å². The first kappa shape index (κ1) is 14.4. The Hall–Kier alpha value is -2.55. The van der Waals surface area contributed by atoms with Crippen molar-refractivity contribution in [3.05, 3.63) is 76.1 Å². The van der Waals surface area contributed by atoms with E-state index in [1.165, 1.54) is 0 Å². The van der Waals surface area contributed by atoms with Gasteiger partial charge in [0, 0.05) is 17.8 Å². The van der Waals surface area contributed by atoms with E-state index < -0.39 is 0 Å². The van der Waals surface area contributed by atoms with Crippen LogP contribution in [0.2, 0.25) is 0 Å². The van der Waals surface area contributed by atoms with Crippen molar-refractivity contribution >= 4 is 10.9 Å². The Balaban J connectivity index is 2.28. The maximum absolute atomic E-state index is 12.9. The number of nitrogens with zero attached hydrogens (tertiary/aromatic N) is 1. The standard InChI is InChI=1S/C19H19NO2/c1-13(2)20-17-11-7-6-10-15(17)18(21)16(19(20)22)12-14-8-4-3-5-9-14/h3-11,13,21H,12H2,1-2H3. The number of para-hydroxylation sites is 1. The number of hydrogen-bond donors (Lipinski definition) is 1. The van der Waals surface area contributed by atoms with Gasteiger partial charge in [-0.15, -0.1) is 0 Å². The van der Waals surface area contributed by atoms with Crippen LogP contribution in [0.25, 0.3) is 10.9 Å². The average Bonchev–Trinajstić information content (AvgIpc) is 2.52. The van der Waals surface area contributed by atoms with E-state index in [0.29, 0.717) is 12.0 Å². The van der Waals surface area contributed by atoms with Gasteiger partial charge in [0.1, 0.15) is 5.75 Å². The molecule has 0 saturated carbocycles. The number of aromatic nitrogens is 1. The van der Waals surface area contributed by atoms with Crippen LogP contribution in [0.15, 0.2) is 59.4 Å². The second-order valence-corrected chi connectivity index (χ2v) is 5.78. The summed E-state index contributed by atoms with van der Waals surface area (Å²) in [5, 5.41) is 11.3. The highest BCUT2D eigenvalue weighted by Gasteiger charge is 2.17. The minimum atomic E-state index is -0.116. The lowest BCUT2D eigenvalue weighted by atomic mass is 10.0. The minimum absolute atomic E-state index is 0.0347. The summed E-state index contributed by atoms with van der Waals surface area (Å²) in [7, 11) is 0. The van der Waals surface area contributed by atoms with Crippen molar-refractivity contribution in [2.75, 3.05) is 0 Å². The van der Waals surface area contributed by atoms with Crippen LogP contribution in [-0.4, -0.2) is 9.67 Å². The molecule has 0 aliphatic heterocycles. The van der Waals surface area contributed by atoms with Crippen LogP contribution in [0.3, 0.4) is 0 Å². The van der Waals surface area contributed by atoms with Gasteiger partial charge in [-0.25, -0.2) is 0 Å². The highest BCUT2D eigenvalue weighted by molar-refractivity contribution is 5.86. The molecule has 3 rings (SSSR count). The summed E-state index contributed by atoms with van der Waals surface area (Å²) >= 11 is 0. The molecule has 1 N–H and O–H groups in total. The van der Waals surface area contributed by atoms with Crippen LogP contribution in [0.5, 0.6) is 5.75 Å². The second-order valence-electron chi connectivity index (χ2n) is 5.78. The fourth-order valence-electron chi connectivity index (χ4n) is 2.87. The fourth-order valence-corrected chi connectivity index (χ4v) is 2.87. The van der Waals surface area contributed by atoms with Gasteiger partial charge in [-0.05, 0) is 31.5 Å². The molecule has 112 valence electrons. The summed E-state index contributed by atoms with van der Waals surface area (Å²) in [6.45, 7) is 3.97. The molecule has 0 bridgehead atoms. The molecule has 22 heavy (non-hydrogen) atoms. The van der Waals surface area contributed by atoms with Crippen molar-refractivity contribution in [2.45, 2.75) is 26.3 Å². The molecule has 1 heterocycles. The molecule has 3 nitrogen and oxygen atoms in total. The summed E-state index contributed by atoms with van der Waals surface area (Å²) < 4.78 is 1.76. The first-order chi connectivity index (χ1) is 10.6. The summed E-state index contributed by atoms with van der Waals surface area (Å²) in [5.74, 6) is 0.0985. The van der Waals surface area contributed by atoms with Gasteiger partial charge in [-0.3, -0.25) is 4.79 Å². The molecular weight excluding hydrogens is 274 g/mol. The van der Waals surface area contributed by atoms with Gasteiger partial charge in [0.2, 0.25) is 0 Å². The normalized spacial score (nSPS) is 11.2. The zero-order chi connectivity index (χ0) is 15.7. The molecule has 2 aromatic carbocycles. The summed E-state index contributed by atoms with van der Waals surface area (Å²) in [5.41, 5.74) is 2.13. The second kappa shape index (κ2) is 5.68. The molecule has 0 amide bonds. The van der Waals surface area contributed by atoms with Crippen LogP contribution in [-0.2, 0) is 6.42 Å². The lowest BCUT2D eigenvalue weighted by molar-refractivity contribution is 0.470. The minimum Gasteiger partial charge on any atom is -0.507 e. The molecule has 0 aliphatic carbocycles. The van der Waals surface area contributed by atoms with E-state index in [1.807, 2.05) is 68.4 Å². The first-order valence-electron chi connectivity index (χ1n) is 7.48. The number of aromatic hydroxyl groups is 1. The van der Waals surface area contributed by atoms with Gasteiger partial charge in [-0.2, -0.15) is 0 Å². The van der Waals surface area contributed by atoms with Crippen molar-refractivity contribution in [2.24, 2.45) is 0 Å². The van der Waals surface area contributed by atoms with Gasteiger partial charge in [0.25, 0.3) is 5.56 Å². The molecule has 0 saturated heterocycles. The molecule has 0 aliphatic rings. The van der Waals surface area contributed by atoms with E-state index >= 15 is 0 Å². The maximum atomic E-state index is 12.9. The smallest absolute Gasteiger partial charge is 0.258 e. The molecule has 0 unspecified atom stereocenters. The van der Waals surface area contributed by atoms with Crippen molar-refractivity contribution in [3.63, 3.8) is 0 Å². The SMILES string of the molecule is CC(C)n1c(=O)c(Cc2ccccc2)c(O)c2ccccc21. The monoisotopic (exact) mass is 293 g/mol. The number of benzene rings is 2. The zero-order valence-corrected chi connectivity index (χ0v) is 12.8. The van der Waals surface area contributed by atoms with Crippen molar-refractivity contribution in [1.29, 1.82) is 0 Å². The molecule has 0 spiro atoms. The summed E-state index contributed by atoms with van der Waals surface area (Å²) in [6.07, 6.45) is 0.434. The number of pyridine rings is 1. The Bertz CT molecular complexity index is 864. The van der Waals surface area contributed by atoms with E-state index in [0.717, 1.165) is 16.5 Å². The Labute approximate surface area is 129 Å². The number of fused-ring (bicyclic) bond motifs is 1. The van der Waals surface area contributed by atoms with Gasteiger partial charge < -0.3 is 9.67 Å². The highest BCUT2D eigenvalue weighted by Crippen LogP contribution is 2.29. The van der Waals surface area contributed by atoms with Crippen molar-refractivity contribution < 1.29 is 5.11 Å². The lowest BCUT2D eigenvalue weighted by Crippen LogP contribution is -2.26. The maximum Gasteiger partial charge on any atom is 0.258 e. The first-order valence-corrected chi connectivity index (χ1v) is 7.48. The van der Waals surface area contributed by atoms with E-state index in [9.17, 15) is 9.90 Å². The van der Waals surface area contributed by atoms with Gasteiger partial charge in [0.05, 0.1) is 11.1 Å². The van der Waals surface area contributed by atoms with Crippen LogP contribution in [0.4, 0.5) is 0 Å². The van der Waals surface area contributed by atoms with Crippen LogP contribution in [0.1, 0.15) is 31.0 Å². The molecule has 1 aromatic heterocycles. The predicted octanol–water partition coefficient (Wildman–Crippen LogP) is 3.88. The third kappa shape index (κ3) is 2.39. The number of rotatable bonds is 3. The largest absolute Gasteiger partial charge is 0.507 e. The fraction of sp³-hybridized carbons (Fsp3) is 0.211. The van der Waals surface area contributed by atoms with Crippen LogP contribution < -0.4 is 5.56 Å². The molecule has 3 heteroatoms. The molecule has 0 atom stereocenters. The topological polar surface area (TPSA) is 42.2 Å². The van der Waals surface area contributed by atoms with E-state index in [1.54, 1.807) is 4.57 Å². The van der Waals surface area contributed by atoms with Gasteiger partial charge >= 0.3 is 0 Å². The third-order valence-electron chi connectivity index (χ3n) is 3.92. The molecular formula is C19H19NO2. The third-order valence-corrected chi connectivity index (χ3v) is 3.92. The van der Waals surface area contributed by atoms with Crippen LogP contribution in [0, 0.1) is 0 Å². The van der Waals surface area contributed by atoms with E-state index in [2.05, 4.69) is 0 Å². The Morgan fingerprint density at radius 3 is 2.32 bits per heavy atom. The Morgan fingerprint density at radius 1 is 1.00 bits per heavy atom. The Kier molecular flexibility index (Phi) is 3.72. The van der Waals surface area contributed by atoms with Crippen LogP contribution >= 0.6 is 0 Å². The predicted molar refractivity (Wildman–Crippen MR) is 89.5 cm³/mol. The average molecular weight is 293 g/mol. The molecule has 0 radical (unpaired) electrons. The van der Waals surface area contributed by atoms with Gasteiger partial charge in [-0.1, -0.05) is 42.5 Å². The quantitative estimate of drug-likeness (QED) is 0.796. The summed E-state index contributed by atoms with van der Waals surface area (Å²) in [6, 6.07) is 17.3. The van der Waals surface area contributed by atoms with E-state index in [-0.39, 0.29) is 17.4 Å². The lowest BCUT2D eigenvalue weighted by Gasteiger charge is -2.17. The molecule has 0 fully saturated rings. The van der Waals surface area contributed by atoms with Crippen molar-refractivity contribution in [3.8, 4) is 5.75 Å². The summed E-state index contributed by atoms with van der Waals surface area (Å²) in [4.78, 5) is 12.9. The molecule has 3 aromatic rings. The van der Waals surface area contributed by atoms with E-state index in [4.69, 9.17) is 0 Å². The van der Waals surface area contributed by atoms with Crippen molar-refractivity contribution in [1.82, 2.24) is 4.57 Å². The number of hydrogen-bond acceptors (Lipinski definition) is 2.